The van der Waals surface area contributed by atoms with E-state index in [4.69, 9.17) is 5.11 Å². The summed E-state index contributed by atoms with van der Waals surface area (Å²) >= 11 is 0. The van der Waals surface area contributed by atoms with Gasteiger partial charge in [0.2, 0.25) is 0 Å². The average molecular weight is 249 g/mol. The number of aliphatic hydroxyl groups excluding tert-OH is 1. The summed E-state index contributed by atoms with van der Waals surface area (Å²) in [5.41, 5.74) is 2.39. The molecule has 1 aliphatic rings. The molecule has 2 rings (SSSR count). The van der Waals surface area contributed by atoms with Gasteiger partial charge in [0.15, 0.2) is 0 Å². The van der Waals surface area contributed by atoms with Gasteiger partial charge in [-0.05, 0) is 49.4 Å². The van der Waals surface area contributed by atoms with Crippen LogP contribution >= 0.6 is 0 Å². The Morgan fingerprint density at radius 3 is 2.83 bits per heavy atom. The monoisotopic (exact) mass is 249 g/mol. The molecule has 0 radical (unpaired) electrons. The van der Waals surface area contributed by atoms with E-state index in [0.29, 0.717) is 18.4 Å². The standard InChI is InChI=1S/C15H23NO2/c17-11-4-2-1-3-10-16-14-9-8-13-12(14)6-5-7-15(13)18/h5-7,14,16-18H,1-4,8-11H2. The topological polar surface area (TPSA) is 52.5 Å². The van der Waals surface area contributed by atoms with Crippen LogP contribution in [0, 0.1) is 0 Å². The van der Waals surface area contributed by atoms with Crippen molar-refractivity contribution < 1.29 is 10.2 Å². The third-order valence-electron chi connectivity index (χ3n) is 3.72. The van der Waals surface area contributed by atoms with E-state index in [1.54, 1.807) is 6.07 Å². The van der Waals surface area contributed by atoms with Crippen molar-refractivity contribution in [1.82, 2.24) is 5.32 Å². The number of nitrogens with one attached hydrogen (secondary N) is 1. The maximum absolute atomic E-state index is 9.77. The Labute approximate surface area is 109 Å². The molecule has 0 aliphatic heterocycles. The SMILES string of the molecule is OCCCCCCNC1CCc2c(O)cccc21. The number of hydrogen-bond donors (Lipinski definition) is 3. The summed E-state index contributed by atoms with van der Waals surface area (Å²) in [6, 6.07) is 6.22. The van der Waals surface area contributed by atoms with E-state index in [1.807, 2.05) is 6.07 Å². The second-order valence-electron chi connectivity index (χ2n) is 5.03. The summed E-state index contributed by atoms with van der Waals surface area (Å²) in [5.74, 6) is 0.444. The zero-order valence-electron chi connectivity index (χ0n) is 10.9. The van der Waals surface area contributed by atoms with Crippen molar-refractivity contribution in [2.75, 3.05) is 13.2 Å². The summed E-state index contributed by atoms with van der Waals surface area (Å²) < 4.78 is 0. The van der Waals surface area contributed by atoms with Crippen LogP contribution in [0.5, 0.6) is 5.75 Å². The zero-order valence-corrected chi connectivity index (χ0v) is 10.9. The molecule has 0 fully saturated rings. The Kier molecular flexibility index (Phi) is 5.02. The van der Waals surface area contributed by atoms with Crippen LogP contribution in [0.15, 0.2) is 18.2 Å². The normalized spacial score (nSPS) is 17.9. The third kappa shape index (κ3) is 3.24. The van der Waals surface area contributed by atoms with E-state index >= 15 is 0 Å². The maximum Gasteiger partial charge on any atom is 0.119 e. The minimum absolute atomic E-state index is 0.308. The average Bonchev–Trinajstić information content (AvgIpc) is 2.79. The molecule has 0 saturated carbocycles. The Morgan fingerprint density at radius 1 is 1.17 bits per heavy atom. The van der Waals surface area contributed by atoms with E-state index in [9.17, 15) is 5.11 Å². The van der Waals surface area contributed by atoms with E-state index in [2.05, 4.69) is 11.4 Å². The highest BCUT2D eigenvalue weighted by Crippen LogP contribution is 2.36. The second-order valence-corrected chi connectivity index (χ2v) is 5.03. The minimum atomic E-state index is 0.308. The van der Waals surface area contributed by atoms with Crippen molar-refractivity contribution in [2.24, 2.45) is 0 Å². The van der Waals surface area contributed by atoms with Crippen molar-refractivity contribution in [3.05, 3.63) is 29.3 Å². The van der Waals surface area contributed by atoms with Crippen molar-refractivity contribution >= 4 is 0 Å². The summed E-state index contributed by atoms with van der Waals surface area (Å²) in [4.78, 5) is 0. The van der Waals surface area contributed by atoms with Gasteiger partial charge in [-0.2, -0.15) is 0 Å². The largest absolute Gasteiger partial charge is 0.508 e. The molecule has 0 saturated heterocycles. The first-order valence-electron chi connectivity index (χ1n) is 6.98. The number of aromatic hydroxyl groups is 1. The van der Waals surface area contributed by atoms with Crippen molar-refractivity contribution in [3.63, 3.8) is 0 Å². The highest BCUT2D eigenvalue weighted by Gasteiger charge is 2.23. The first-order valence-corrected chi connectivity index (χ1v) is 6.98. The molecular weight excluding hydrogens is 226 g/mol. The van der Waals surface area contributed by atoms with Crippen molar-refractivity contribution in [2.45, 2.75) is 44.6 Å². The summed E-state index contributed by atoms with van der Waals surface area (Å²) in [6.45, 7) is 1.33. The highest BCUT2D eigenvalue weighted by molar-refractivity contribution is 5.44. The van der Waals surface area contributed by atoms with Crippen LogP contribution in [0.2, 0.25) is 0 Å². The molecule has 0 aromatic heterocycles. The first-order chi connectivity index (χ1) is 8.83. The van der Waals surface area contributed by atoms with Crippen LogP contribution in [0.4, 0.5) is 0 Å². The molecule has 3 N–H and O–H groups in total. The Hall–Kier alpha value is -1.06. The lowest BCUT2D eigenvalue weighted by atomic mass is 10.1. The minimum Gasteiger partial charge on any atom is -0.508 e. The van der Waals surface area contributed by atoms with Crippen LogP contribution in [0.1, 0.15) is 49.3 Å². The van der Waals surface area contributed by atoms with E-state index in [0.717, 1.165) is 44.2 Å². The number of benzene rings is 1. The lowest BCUT2D eigenvalue weighted by molar-refractivity contribution is 0.282. The lowest BCUT2D eigenvalue weighted by Gasteiger charge is -2.14. The molecule has 1 unspecified atom stereocenters. The number of hydrogen-bond acceptors (Lipinski definition) is 3. The predicted molar refractivity (Wildman–Crippen MR) is 72.7 cm³/mol. The molecule has 0 spiro atoms. The van der Waals surface area contributed by atoms with Crippen molar-refractivity contribution in [1.29, 1.82) is 0 Å². The van der Waals surface area contributed by atoms with Crippen LogP contribution in [0.25, 0.3) is 0 Å². The molecule has 3 heteroatoms. The molecule has 1 aliphatic carbocycles. The molecule has 100 valence electrons. The lowest BCUT2D eigenvalue weighted by Crippen LogP contribution is -2.20. The molecule has 0 heterocycles. The number of unbranched alkanes of at least 4 members (excludes halogenated alkanes) is 3. The quantitative estimate of drug-likeness (QED) is 0.651. The highest BCUT2D eigenvalue weighted by atomic mass is 16.3. The first kappa shape index (κ1) is 13.4. The van der Waals surface area contributed by atoms with Crippen LogP contribution in [-0.4, -0.2) is 23.4 Å². The molecule has 1 atom stereocenters. The van der Waals surface area contributed by atoms with Crippen LogP contribution in [-0.2, 0) is 6.42 Å². The number of rotatable bonds is 7. The van der Waals surface area contributed by atoms with Gasteiger partial charge >= 0.3 is 0 Å². The Bertz CT molecular complexity index is 379. The van der Waals surface area contributed by atoms with Gasteiger partial charge in [0.05, 0.1) is 0 Å². The summed E-state index contributed by atoms with van der Waals surface area (Å²) in [7, 11) is 0. The van der Waals surface area contributed by atoms with Gasteiger partial charge in [0.1, 0.15) is 5.75 Å². The van der Waals surface area contributed by atoms with Gasteiger partial charge in [0.25, 0.3) is 0 Å². The fourth-order valence-electron chi connectivity index (χ4n) is 2.71. The third-order valence-corrected chi connectivity index (χ3v) is 3.72. The smallest absolute Gasteiger partial charge is 0.119 e. The maximum atomic E-state index is 9.77. The fraction of sp³-hybridized carbons (Fsp3) is 0.600. The zero-order chi connectivity index (χ0) is 12.8. The number of phenolic OH excluding ortho intramolecular Hbond substituents is 1. The van der Waals surface area contributed by atoms with Gasteiger partial charge in [0, 0.05) is 12.6 Å². The van der Waals surface area contributed by atoms with Gasteiger partial charge < -0.3 is 15.5 Å². The number of phenols is 1. The van der Waals surface area contributed by atoms with Crippen LogP contribution in [0.3, 0.4) is 0 Å². The van der Waals surface area contributed by atoms with Gasteiger partial charge in [-0.15, -0.1) is 0 Å². The number of fused-ring (bicyclic) bond motifs is 1. The molecule has 1 aromatic carbocycles. The van der Waals surface area contributed by atoms with Gasteiger partial charge in [-0.3, -0.25) is 0 Å². The predicted octanol–water partition coefficient (Wildman–Crippen LogP) is 2.52. The van der Waals surface area contributed by atoms with Gasteiger partial charge in [-0.25, -0.2) is 0 Å². The molecule has 18 heavy (non-hydrogen) atoms. The molecule has 0 bridgehead atoms. The molecule has 0 amide bonds. The summed E-state index contributed by atoms with van der Waals surface area (Å²) in [6.07, 6.45) is 6.42. The molecule has 1 aromatic rings. The van der Waals surface area contributed by atoms with Crippen molar-refractivity contribution in [3.8, 4) is 5.75 Å². The second kappa shape index (κ2) is 6.76. The van der Waals surface area contributed by atoms with E-state index in [-0.39, 0.29) is 0 Å². The Balaban J connectivity index is 1.75. The summed E-state index contributed by atoms with van der Waals surface area (Å²) in [5, 5.41) is 22.0. The number of aliphatic hydroxyl groups is 1. The fourth-order valence-corrected chi connectivity index (χ4v) is 2.71. The van der Waals surface area contributed by atoms with E-state index in [1.165, 1.54) is 12.0 Å². The van der Waals surface area contributed by atoms with E-state index < -0.39 is 0 Å². The molecule has 3 nitrogen and oxygen atoms in total. The molecular formula is C15H23NO2. The Morgan fingerprint density at radius 2 is 2.00 bits per heavy atom. The van der Waals surface area contributed by atoms with Gasteiger partial charge in [-0.1, -0.05) is 25.0 Å². The van der Waals surface area contributed by atoms with Crippen LogP contribution < -0.4 is 5.32 Å².